The van der Waals surface area contributed by atoms with Crippen molar-refractivity contribution in [2.45, 2.75) is 0 Å². The smallest absolute Gasteiger partial charge is 0.266 e. The Morgan fingerprint density at radius 1 is 1.27 bits per heavy atom. The Balaban J connectivity index is 2.26. The number of anilines is 1. The summed E-state index contributed by atoms with van der Waals surface area (Å²) in [5.41, 5.74) is 1.22. The first kappa shape index (κ1) is 15.6. The van der Waals surface area contributed by atoms with E-state index in [4.69, 9.17) is 16.3 Å². The fourth-order valence-electron chi connectivity index (χ4n) is 1.82. The number of ether oxygens (including phenoxy) is 1. The number of carbonyl (C=O) groups is 1. The van der Waals surface area contributed by atoms with E-state index in [2.05, 4.69) is 5.32 Å². The number of hydrogen-bond donors (Lipinski definition) is 1. The van der Waals surface area contributed by atoms with Gasteiger partial charge in [-0.1, -0.05) is 29.8 Å². The van der Waals surface area contributed by atoms with Crippen molar-refractivity contribution in [1.29, 1.82) is 5.26 Å². The van der Waals surface area contributed by atoms with Crippen molar-refractivity contribution >= 4 is 29.3 Å². The molecule has 0 aromatic heterocycles. The number of carbonyl (C=O) groups excluding carboxylic acids is 1. The Bertz CT molecular complexity index is 749. The number of rotatable bonds is 4. The average Bonchev–Trinajstić information content (AvgIpc) is 2.52. The minimum absolute atomic E-state index is 0.0202. The van der Waals surface area contributed by atoms with Crippen LogP contribution in [0.2, 0.25) is 5.02 Å². The molecule has 0 radical (unpaired) electrons. The van der Waals surface area contributed by atoms with Gasteiger partial charge in [-0.05, 0) is 42.0 Å². The van der Waals surface area contributed by atoms with Crippen molar-refractivity contribution in [2.24, 2.45) is 0 Å². The Labute approximate surface area is 133 Å². The third-order valence-corrected chi connectivity index (χ3v) is 3.06. The molecule has 0 saturated carbocycles. The molecule has 2 rings (SSSR count). The highest BCUT2D eigenvalue weighted by Crippen LogP contribution is 2.22. The second kappa shape index (κ2) is 7.30. The van der Waals surface area contributed by atoms with Gasteiger partial charge in [0.1, 0.15) is 17.4 Å². The van der Waals surface area contributed by atoms with Crippen LogP contribution in [0.15, 0.2) is 54.1 Å². The van der Waals surface area contributed by atoms with Crippen molar-refractivity contribution in [1.82, 2.24) is 0 Å². The van der Waals surface area contributed by atoms with Crippen LogP contribution in [0.25, 0.3) is 6.08 Å². The fourth-order valence-corrected chi connectivity index (χ4v) is 2.05. The van der Waals surface area contributed by atoms with Gasteiger partial charge in [0, 0.05) is 10.7 Å². The summed E-state index contributed by atoms with van der Waals surface area (Å²) < 4.78 is 5.11. The number of halogens is 1. The molecule has 0 fully saturated rings. The van der Waals surface area contributed by atoms with E-state index in [1.807, 2.05) is 12.1 Å². The number of nitriles is 1. The second-order valence-electron chi connectivity index (χ2n) is 4.41. The topological polar surface area (TPSA) is 62.1 Å². The van der Waals surface area contributed by atoms with Gasteiger partial charge < -0.3 is 10.1 Å². The summed E-state index contributed by atoms with van der Waals surface area (Å²) in [5, 5.41) is 12.3. The highest BCUT2D eigenvalue weighted by atomic mass is 35.5. The van der Waals surface area contributed by atoms with Crippen molar-refractivity contribution in [2.75, 3.05) is 12.4 Å². The Morgan fingerprint density at radius 2 is 2.00 bits per heavy atom. The Hall–Kier alpha value is -2.77. The highest BCUT2D eigenvalue weighted by Gasteiger charge is 2.10. The molecule has 0 aliphatic heterocycles. The van der Waals surface area contributed by atoms with Crippen molar-refractivity contribution in [3.63, 3.8) is 0 Å². The Morgan fingerprint density at radius 3 is 2.64 bits per heavy atom. The van der Waals surface area contributed by atoms with Crippen LogP contribution in [0.4, 0.5) is 5.69 Å². The normalized spacial score (nSPS) is 10.7. The lowest BCUT2D eigenvalue weighted by atomic mass is 10.1. The average molecular weight is 313 g/mol. The van der Waals surface area contributed by atoms with Crippen molar-refractivity contribution in [3.05, 3.63) is 64.7 Å². The number of hydrogen-bond acceptors (Lipinski definition) is 3. The lowest BCUT2D eigenvalue weighted by Crippen LogP contribution is -2.13. The van der Waals surface area contributed by atoms with Crippen LogP contribution in [0.1, 0.15) is 5.56 Å². The molecule has 0 aliphatic rings. The summed E-state index contributed by atoms with van der Waals surface area (Å²) in [6.45, 7) is 0. The number of para-hydroxylation sites is 1. The lowest BCUT2D eigenvalue weighted by Gasteiger charge is -2.05. The zero-order valence-corrected chi connectivity index (χ0v) is 12.6. The highest BCUT2D eigenvalue weighted by molar-refractivity contribution is 6.30. The third-order valence-electron chi connectivity index (χ3n) is 2.84. The van der Waals surface area contributed by atoms with E-state index in [1.165, 1.54) is 13.2 Å². The molecule has 2 aromatic rings. The van der Waals surface area contributed by atoms with Crippen LogP contribution < -0.4 is 10.1 Å². The molecular formula is C17H13ClN2O2. The maximum Gasteiger partial charge on any atom is 0.266 e. The van der Waals surface area contributed by atoms with Gasteiger partial charge >= 0.3 is 0 Å². The van der Waals surface area contributed by atoms with Gasteiger partial charge in [0.15, 0.2) is 0 Å². The first-order valence-electron chi connectivity index (χ1n) is 6.45. The van der Waals surface area contributed by atoms with Gasteiger partial charge in [0.2, 0.25) is 0 Å². The van der Waals surface area contributed by atoms with E-state index in [1.54, 1.807) is 42.5 Å². The molecule has 110 valence electrons. The molecule has 5 heteroatoms. The standard InChI is InChI=1S/C17H13ClN2O2/c1-22-16-9-12(8-14(18)10-16)7-13(11-19)17(21)20-15-5-3-2-4-6-15/h2-10H,1H3,(H,20,21)/b13-7+. The zero-order valence-electron chi connectivity index (χ0n) is 11.8. The first-order valence-corrected chi connectivity index (χ1v) is 6.83. The van der Waals surface area contributed by atoms with Crippen molar-refractivity contribution < 1.29 is 9.53 Å². The molecule has 1 amide bonds. The maximum absolute atomic E-state index is 12.1. The number of amides is 1. The van der Waals surface area contributed by atoms with Crippen molar-refractivity contribution in [3.8, 4) is 11.8 Å². The molecule has 4 nitrogen and oxygen atoms in total. The first-order chi connectivity index (χ1) is 10.6. The molecule has 0 heterocycles. The molecule has 0 unspecified atom stereocenters. The van der Waals surface area contributed by atoms with Gasteiger partial charge in [-0.15, -0.1) is 0 Å². The summed E-state index contributed by atoms with van der Waals surface area (Å²) in [5.74, 6) is 0.0761. The minimum atomic E-state index is -0.479. The monoisotopic (exact) mass is 312 g/mol. The molecule has 2 aromatic carbocycles. The predicted molar refractivity (Wildman–Crippen MR) is 86.7 cm³/mol. The van der Waals surface area contributed by atoms with Gasteiger partial charge in [-0.2, -0.15) is 5.26 Å². The minimum Gasteiger partial charge on any atom is -0.497 e. The number of benzene rings is 2. The molecule has 0 aliphatic carbocycles. The summed E-state index contributed by atoms with van der Waals surface area (Å²) in [4.78, 5) is 12.1. The van der Waals surface area contributed by atoms with E-state index >= 15 is 0 Å². The van der Waals surface area contributed by atoms with E-state index in [9.17, 15) is 10.1 Å². The third kappa shape index (κ3) is 4.11. The maximum atomic E-state index is 12.1. The largest absolute Gasteiger partial charge is 0.497 e. The molecule has 0 spiro atoms. The van der Waals surface area contributed by atoms with Gasteiger partial charge in [-0.25, -0.2) is 0 Å². The van der Waals surface area contributed by atoms with E-state index in [0.29, 0.717) is 22.0 Å². The quantitative estimate of drug-likeness (QED) is 0.688. The van der Waals surface area contributed by atoms with Gasteiger partial charge in [0.25, 0.3) is 5.91 Å². The predicted octanol–water partition coefficient (Wildman–Crippen LogP) is 3.89. The molecular weight excluding hydrogens is 300 g/mol. The molecule has 0 saturated heterocycles. The molecule has 0 atom stereocenters. The van der Waals surface area contributed by atoms with E-state index in [-0.39, 0.29) is 5.57 Å². The summed E-state index contributed by atoms with van der Waals surface area (Å²) in [6.07, 6.45) is 1.46. The number of nitrogens with zero attached hydrogens (tertiary/aromatic N) is 1. The molecule has 1 N–H and O–H groups in total. The van der Waals surface area contributed by atoms with Crippen LogP contribution in [0, 0.1) is 11.3 Å². The summed E-state index contributed by atoms with van der Waals surface area (Å²) in [7, 11) is 1.52. The molecule has 22 heavy (non-hydrogen) atoms. The SMILES string of the molecule is COc1cc(Cl)cc(/C=C(\C#N)C(=O)Nc2ccccc2)c1. The van der Waals surface area contributed by atoms with E-state index in [0.717, 1.165) is 0 Å². The Kier molecular flexibility index (Phi) is 5.18. The van der Waals surface area contributed by atoms with Crippen LogP contribution in [0.5, 0.6) is 5.75 Å². The fraction of sp³-hybridized carbons (Fsp3) is 0.0588. The molecule has 0 bridgehead atoms. The van der Waals surface area contributed by atoms with E-state index < -0.39 is 5.91 Å². The zero-order chi connectivity index (χ0) is 15.9. The lowest BCUT2D eigenvalue weighted by molar-refractivity contribution is -0.112. The van der Waals surface area contributed by atoms with Crippen LogP contribution in [0.3, 0.4) is 0 Å². The van der Waals surface area contributed by atoms with Gasteiger partial charge in [-0.3, -0.25) is 4.79 Å². The van der Waals surface area contributed by atoms with Gasteiger partial charge in [0.05, 0.1) is 7.11 Å². The van der Waals surface area contributed by atoms with Crippen LogP contribution >= 0.6 is 11.6 Å². The second-order valence-corrected chi connectivity index (χ2v) is 4.85. The van der Waals surface area contributed by atoms with Crippen LogP contribution in [-0.4, -0.2) is 13.0 Å². The number of nitrogens with one attached hydrogen (secondary N) is 1. The summed E-state index contributed by atoms with van der Waals surface area (Å²) >= 11 is 5.97. The summed E-state index contributed by atoms with van der Waals surface area (Å²) in [6, 6.07) is 15.8. The van der Waals surface area contributed by atoms with Crippen LogP contribution in [-0.2, 0) is 4.79 Å². The number of methoxy groups -OCH3 is 1.